The number of benzene rings is 2. The fraction of sp³-hybridized carbons (Fsp3) is 0.375. The van der Waals surface area contributed by atoms with Crippen molar-refractivity contribution < 1.29 is 9.72 Å². The minimum atomic E-state index is -0.316. The summed E-state index contributed by atoms with van der Waals surface area (Å²) >= 11 is 0. The number of rotatable bonds is 6. The molecular weight excluding hydrogens is 378 g/mol. The summed E-state index contributed by atoms with van der Waals surface area (Å²) in [6.07, 6.45) is 1.75. The van der Waals surface area contributed by atoms with E-state index in [2.05, 4.69) is 11.9 Å². The van der Waals surface area contributed by atoms with Crippen LogP contribution in [0.15, 0.2) is 54.1 Å². The smallest absolute Gasteiger partial charge is 0.277 e. The van der Waals surface area contributed by atoms with Crippen LogP contribution in [0.1, 0.15) is 48.2 Å². The number of carbonyl (C=O) groups is 1. The summed E-state index contributed by atoms with van der Waals surface area (Å²) in [7, 11) is 2.09. The largest absolute Gasteiger partial charge is 0.339 e. The van der Waals surface area contributed by atoms with Crippen LogP contribution in [0.25, 0.3) is 5.57 Å². The second-order valence-corrected chi connectivity index (χ2v) is 7.61. The number of piperidine rings is 1. The lowest BCUT2D eigenvalue weighted by Gasteiger charge is -2.27. The zero-order valence-electron chi connectivity index (χ0n) is 17.9. The van der Waals surface area contributed by atoms with Gasteiger partial charge in [0.25, 0.3) is 11.6 Å². The Kier molecular flexibility index (Phi) is 7.00. The zero-order chi connectivity index (χ0) is 21.7. The van der Waals surface area contributed by atoms with Crippen molar-refractivity contribution in [1.29, 1.82) is 0 Å². The molecule has 6 heteroatoms. The van der Waals surface area contributed by atoms with E-state index in [9.17, 15) is 14.9 Å². The number of hydrogen-bond donors (Lipinski definition) is 0. The Hall–Kier alpha value is -2.99. The number of likely N-dealkylation sites (tertiary alicyclic amines) is 1. The Morgan fingerprint density at radius 1 is 1.00 bits per heavy atom. The number of hydrogen-bond acceptors (Lipinski definition) is 4. The molecule has 6 nitrogen and oxygen atoms in total. The third-order valence-corrected chi connectivity index (χ3v) is 5.79. The van der Waals surface area contributed by atoms with E-state index < -0.39 is 0 Å². The quantitative estimate of drug-likeness (QED) is 0.518. The molecule has 0 spiro atoms. The molecular formula is C24H29N3O3. The predicted octanol–water partition coefficient (Wildman–Crippen LogP) is 4.60. The fourth-order valence-electron chi connectivity index (χ4n) is 4.01. The van der Waals surface area contributed by atoms with Gasteiger partial charge in [0.1, 0.15) is 0 Å². The summed E-state index contributed by atoms with van der Waals surface area (Å²) in [6, 6.07) is 14.4. The van der Waals surface area contributed by atoms with Gasteiger partial charge in [-0.15, -0.1) is 0 Å². The summed E-state index contributed by atoms with van der Waals surface area (Å²) in [5, 5.41) is 11.7. The van der Waals surface area contributed by atoms with Gasteiger partial charge in [0.05, 0.1) is 10.5 Å². The lowest BCUT2D eigenvalue weighted by atomic mass is 9.87. The first-order chi connectivity index (χ1) is 14.5. The van der Waals surface area contributed by atoms with Gasteiger partial charge in [-0.3, -0.25) is 14.9 Å². The SMILES string of the molecule is CCN(CC)C(=O)c1ccc(C(=C2CCN(C)CC2)c2ccccc2[N+](=O)[O-])cc1. The lowest BCUT2D eigenvalue weighted by Crippen LogP contribution is -2.30. The van der Waals surface area contributed by atoms with Gasteiger partial charge in [0, 0.05) is 37.8 Å². The highest BCUT2D eigenvalue weighted by molar-refractivity contribution is 5.95. The molecule has 1 amide bonds. The molecule has 0 atom stereocenters. The normalized spacial score (nSPS) is 14.4. The average molecular weight is 408 g/mol. The molecule has 0 unspecified atom stereocenters. The molecule has 1 aliphatic rings. The highest BCUT2D eigenvalue weighted by atomic mass is 16.6. The van der Waals surface area contributed by atoms with Gasteiger partial charge in [-0.2, -0.15) is 0 Å². The first-order valence-corrected chi connectivity index (χ1v) is 10.5. The van der Waals surface area contributed by atoms with E-state index in [1.165, 1.54) is 5.57 Å². The van der Waals surface area contributed by atoms with Gasteiger partial charge in [-0.05, 0) is 63.1 Å². The maximum absolute atomic E-state index is 12.7. The van der Waals surface area contributed by atoms with E-state index in [0.717, 1.165) is 37.1 Å². The molecule has 2 aromatic carbocycles. The van der Waals surface area contributed by atoms with E-state index in [4.69, 9.17) is 0 Å². The van der Waals surface area contributed by atoms with Crippen molar-refractivity contribution in [1.82, 2.24) is 9.80 Å². The van der Waals surface area contributed by atoms with E-state index >= 15 is 0 Å². The first-order valence-electron chi connectivity index (χ1n) is 10.5. The van der Waals surface area contributed by atoms with E-state index in [-0.39, 0.29) is 16.5 Å². The van der Waals surface area contributed by atoms with Crippen LogP contribution in [-0.4, -0.2) is 53.9 Å². The number of amides is 1. The van der Waals surface area contributed by atoms with Gasteiger partial charge in [-0.1, -0.05) is 29.8 Å². The van der Waals surface area contributed by atoms with Crippen LogP contribution in [0.4, 0.5) is 5.69 Å². The van der Waals surface area contributed by atoms with Crippen LogP contribution in [0.2, 0.25) is 0 Å². The topological polar surface area (TPSA) is 66.7 Å². The van der Waals surface area contributed by atoms with Crippen molar-refractivity contribution in [2.75, 3.05) is 33.2 Å². The van der Waals surface area contributed by atoms with Crippen molar-refractivity contribution in [2.24, 2.45) is 0 Å². The van der Waals surface area contributed by atoms with Gasteiger partial charge in [-0.25, -0.2) is 0 Å². The molecule has 1 heterocycles. The van der Waals surface area contributed by atoms with Crippen LogP contribution in [-0.2, 0) is 0 Å². The highest BCUT2D eigenvalue weighted by Crippen LogP contribution is 2.36. The maximum Gasteiger partial charge on any atom is 0.277 e. The molecule has 0 aromatic heterocycles. The number of nitrogens with zero attached hydrogens (tertiary/aromatic N) is 3. The fourth-order valence-corrected chi connectivity index (χ4v) is 4.01. The van der Waals surface area contributed by atoms with Crippen molar-refractivity contribution >= 4 is 17.2 Å². The number of carbonyl (C=O) groups excluding carboxylic acids is 1. The van der Waals surface area contributed by atoms with Crippen LogP contribution >= 0.6 is 0 Å². The molecule has 0 aliphatic carbocycles. The Morgan fingerprint density at radius 2 is 1.57 bits per heavy atom. The molecule has 0 saturated carbocycles. The van der Waals surface area contributed by atoms with Gasteiger partial charge in [0.15, 0.2) is 0 Å². The second kappa shape index (κ2) is 9.67. The summed E-state index contributed by atoms with van der Waals surface area (Å²) in [4.78, 5) is 28.1. The summed E-state index contributed by atoms with van der Waals surface area (Å²) < 4.78 is 0. The molecule has 0 N–H and O–H groups in total. The third-order valence-electron chi connectivity index (χ3n) is 5.79. The minimum Gasteiger partial charge on any atom is -0.339 e. The van der Waals surface area contributed by atoms with Crippen molar-refractivity contribution in [3.05, 3.63) is 80.9 Å². The van der Waals surface area contributed by atoms with E-state index in [1.54, 1.807) is 17.0 Å². The number of para-hydroxylation sites is 1. The monoisotopic (exact) mass is 407 g/mol. The first kappa shape index (κ1) is 21.7. The molecule has 3 rings (SSSR count). The Labute approximate surface area is 178 Å². The second-order valence-electron chi connectivity index (χ2n) is 7.61. The predicted molar refractivity (Wildman–Crippen MR) is 120 cm³/mol. The van der Waals surface area contributed by atoms with Gasteiger partial charge >= 0.3 is 0 Å². The molecule has 0 bridgehead atoms. The zero-order valence-corrected chi connectivity index (χ0v) is 17.9. The van der Waals surface area contributed by atoms with Crippen LogP contribution < -0.4 is 0 Å². The van der Waals surface area contributed by atoms with Crippen molar-refractivity contribution in [2.45, 2.75) is 26.7 Å². The molecule has 1 aliphatic heterocycles. The van der Waals surface area contributed by atoms with Crippen LogP contribution in [0.3, 0.4) is 0 Å². The Morgan fingerprint density at radius 3 is 2.13 bits per heavy atom. The standard InChI is InChI=1S/C24H29N3O3/c1-4-26(5-2)24(28)20-12-10-18(11-13-20)23(19-14-16-25(3)17-15-19)21-8-6-7-9-22(21)27(29)30/h6-13H,4-5,14-17H2,1-3H3. The van der Waals surface area contributed by atoms with Gasteiger partial charge < -0.3 is 9.80 Å². The maximum atomic E-state index is 12.7. The highest BCUT2D eigenvalue weighted by Gasteiger charge is 2.23. The molecule has 0 radical (unpaired) electrons. The van der Waals surface area contributed by atoms with Crippen LogP contribution in [0, 0.1) is 10.1 Å². The molecule has 158 valence electrons. The van der Waals surface area contributed by atoms with Crippen molar-refractivity contribution in [3.8, 4) is 0 Å². The van der Waals surface area contributed by atoms with Crippen molar-refractivity contribution in [3.63, 3.8) is 0 Å². The Balaban J connectivity index is 2.08. The third kappa shape index (κ3) is 4.60. The minimum absolute atomic E-state index is 0.00531. The molecule has 1 fully saturated rings. The average Bonchev–Trinajstić information content (AvgIpc) is 2.77. The van der Waals surface area contributed by atoms with E-state index in [0.29, 0.717) is 24.2 Å². The van der Waals surface area contributed by atoms with Crippen LogP contribution in [0.5, 0.6) is 0 Å². The number of nitro benzene ring substituents is 1. The lowest BCUT2D eigenvalue weighted by molar-refractivity contribution is -0.385. The summed E-state index contributed by atoms with van der Waals surface area (Å²) in [5.41, 5.74) is 4.47. The molecule has 1 saturated heterocycles. The Bertz CT molecular complexity index is 936. The molecule has 30 heavy (non-hydrogen) atoms. The summed E-state index contributed by atoms with van der Waals surface area (Å²) in [6.45, 7) is 7.11. The van der Waals surface area contributed by atoms with E-state index in [1.807, 2.05) is 50.2 Å². The van der Waals surface area contributed by atoms with Gasteiger partial charge in [0.2, 0.25) is 0 Å². The number of nitro groups is 1. The summed E-state index contributed by atoms with van der Waals surface area (Å²) in [5.74, 6) is 0.00531. The molecule has 2 aromatic rings.